The predicted molar refractivity (Wildman–Crippen MR) is 68.6 cm³/mol. The molecular formula is C11H10Br2N2. The van der Waals surface area contributed by atoms with Crippen LogP contribution >= 0.6 is 31.9 Å². The van der Waals surface area contributed by atoms with Gasteiger partial charge in [-0.15, -0.1) is 0 Å². The summed E-state index contributed by atoms with van der Waals surface area (Å²) in [4.78, 5) is 7.11. The zero-order valence-electron chi connectivity index (χ0n) is 8.13. The van der Waals surface area contributed by atoms with Crippen molar-refractivity contribution < 1.29 is 0 Å². The van der Waals surface area contributed by atoms with E-state index in [-0.39, 0.29) is 0 Å². The quantitative estimate of drug-likeness (QED) is 0.706. The van der Waals surface area contributed by atoms with Crippen LogP contribution in [-0.2, 0) is 6.54 Å². The van der Waals surface area contributed by atoms with Gasteiger partial charge in [0.15, 0.2) is 0 Å². The van der Waals surface area contributed by atoms with Crippen LogP contribution in [0.15, 0.2) is 26.1 Å². The van der Waals surface area contributed by atoms with Gasteiger partial charge in [-0.2, -0.15) is 0 Å². The van der Waals surface area contributed by atoms with E-state index in [0.29, 0.717) is 0 Å². The van der Waals surface area contributed by atoms with Crippen molar-refractivity contribution in [3.63, 3.8) is 0 Å². The molecule has 0 bridgehead atoms. The van der Waals surface area contributed by atoms with E-state index in [1.54, 1.807) is 0 Å². The summed E-state index contributed by atoms with van der Waals surface area (Å²) in [7, 11) is 0. The third-order valence-corrected chi connectivity index (χ3v) is 4.94. The normalized spacial score (nSPS) is 18.5. The van der Waals surface area contributed by atoms with Gasteiger partial charge in [0.25, 0.3) is 0 Å². The minimum absolute atomic E-state index is 1.01. The van der Waals surface area contributed by atoms with Crippen LogP contribution < -0.4 is 0 Å². The second kappa shape index (κ2) is 3.59. The minimum atomic E-state index is 1.01. The largest absolute Gasteiger partial charge is 0.356 e. The lowest BCUT2D eigenvalue weighted by atomic mass is 10.1. The molecule has 0 aliphatic carbocycles. The van der Waals surface area contributed by atoms with Crippen LogP contribution in [0.25, 0.3) is 0 Å². The zero-order valence-corrected chi connectivity index (χ0v) is 11.3. The van der Waals surface area contributed by atoms with Crippen LogP contribution in [0.2, 0.25) is 0 Å². The number of fused-ring (bicyclic) bond motifs is 2. The summed E-state index contributed by atoms with van der Waals surface area (Å²) in [5.74, 6) is 1.25. The average Bonchev–Trinajstić information content (AvgIpc) is 2.68. The second-order valence-electron chi connectivity index (χ2n) is 3.92. The molecule has 1 aromatic rings. The molecule has 0 N–H and O–H groups in total. The van der Waals surface area contributed by atoms with Crippen molar-refractivity contribution in [3.8, 4) is 0 Å². The number of aliphatic imine (C=N–C) groups is 1. The maximum absolute atomic E-state index is 4.73. The summed E-state index contributed by atoms with van der Waals surface area (Å²) in [6.45, 7) is 2.17. The fourth-order valence-corrected chi connectivity index (χ4v) is 2.97. The van der Waals surface area contributed by atoms with E-state index in [2.05, 4.69) is 48.9 Å². The first kappa shape index (κ1) is 9.85. The number of amidine groups is 1. The number of rotatable bonds is 0. The molecule has 15 heavy (non-hydrogen) atoms. The van der Waals surface area contributed by atoms with Gasteiger partial charge in [-0.25, -0.2) is 4.99 Å². The second-order valence-corrected chi connectivity index (χ2v) is 5.57. The maximum atomic E-state index is 4.73. The fourth-order valence-electron chi connectivity index (χ4n) is 2.18. The Hall–Kier alpha value is -0.350. The number of hydrogen-bond acceptors (Lipinski definition) is 2. The molecule has 0 aromatic heterocycles. The number of halogens is 2. The highest BCUT2D eigenvalue weighted by Gasteiger charge is 2.25. The topological polar surface area (TPSA) is 15.6 Å². The fraction of sp³-hybridized carbons (Fsp3) is 0.364. The maximum Gasteiger partial charge on any atom is 0.105 e. The van der Waals surface area contributed by atoms with Gasteiger partial charge in [-0.05, 0) is 49.9 Å². The predicted octanol–water partition coefficient (Wildman–Crippen LogP) is 3.85. The number of hydrogen-bond donors (Lipinski definition) is 0. The van der Waals surface area contributed by atoms with Gasteiger partial charge in [0.05, 0.1) is 10.2 Å². The molecule has 1 saturated heterocycles. The van der Waals surface area contributed by atoms with E-state index < -0.39 is 0 Å². The standard InChI is InChI=1S/C11H10Br2N2/c12-8-4-3-7-6-15-5-1-2-9(15)14-11(7)10(8)13/h3-4H,1-2,5-6H2. The number of nitrogens with zero attached hydrogens (tertiary/aromatic N) is 2. The van der Waals surface area contributed by atoms with Gasteiger partial charge >= 0.3 is 0 Å². The number of benzene rings is 1. The molecule has 0 saturated carbocycles. The van der Waals surface area contributed by atoms with Crippen molar-refractivity contribution in [3.05, 3.63) is 26.6 Å². The lowest BCUT2D eigenvalue weighted by Gasteiger charge is -2.25. The summed E-state index contributed by atoms with van der Waals surface area (Å²) in [6.07, 6.45) is 2.37. The molecule has 1 aromatic carbocycles. The van der Waals surface area contributed by atoms with E-state index in [0.717, 1.165) is 34.1 Å². The van der Waals surface area contributed by atoms with Gasteiger partial charge in [0, 0.05) is 24.0 Å². The zero-order chi connectivity index (χ0) is 10.4. The van der Waals surface area contributed by atoms with Crippen molar-refractivity contribution in [2.45, 2.75) is 19.4 Å². The third kappa shape index (κ3) is 1.54. The van der Waals surface area contributed by atoms with E-state index >= 15 is 0 Å². The van der Waals surface area contributed by atoms with E-state index in [1.807, 2.05) is 0 Å². The van der Waals surface area contributed by atoms with Crippen molar-refractivity contribution in [1.82, 2.24) is 4.90 Å². The molecule has 0 spiro atoms. The molecule has 2 aliphatic heterocycles. The van der Waals surface area contributed by atoms with E-state index in [1.165, 1.54) is 17.8 Å². The molecular weight excluding hydrogens is 320 g/mol. The Labute approximate surface area is 106 Å². The molecule has 2 nitrogen and oxygen atoms in total. The van der Waals surface area contributed by atoms with E-state index in [4.69, 9.17) is 4.99 Å². The molecule has 2 aliphatic rings. The summed E-state index contributed by atoms with van der Waals surface area (Å²) in [5, 5.41) is 0. The molecule has 0 amide bonds. The molecule has 0 atom stereocenters. The van der Waals surface area contributed by atoms with Crippen LogP contribution in [0.5, 0.6) is 0 Å². The molecule has 3 rings (SSSR count). The Bertz CT molecular complexity index is 454. The van der Waals surface area contributed by atoms with Crippen molar-refractivity contribution in [2.24, 2.45) is 4.99 Å². The van der Waals surface area contributed by atoms with Crippen LogP contribution in [0.4, 0.5) is 5.69 Å². The lowest BCUT2D eigenvalue weighted by Crippen LogP contribution is -2.26. The highest BCUT2D eigenvalue weighted by Crippen LogP contribution is 2.39. The first-order valence-electron chi connectivity index (χ1n) is 5.05. The van der Waals surface area contributed by atoms with Crippen LogP contribution in [-0.4, -0.2) is 17.3 Å². The van der Waals surface area contributed by atoms with Crippen molar-refractivity contribution >= 4 is 43.4 Å². The summed E-state index contributed by atoms with van der Waals surface area (Å²) < 4.78 is 2.16. The Balaban J connectivity index is 2.16. The average molecular weight is 330 g/mol. The molecule has 1 fully saturated rings. The Kier molecular flexibility index (Phi) is 2.36. The van der Waals surface area contributed by atoms with E-state index in [9.17, 15) is 0 Å². The van der Waals surface area contributed by atoms with Gasteiger partial charge < -0.3 is 4.90 Å². The SMILES string of the molecule is Brc1ccc2c(c1Br)N=C1CCCN1C2. The van der Waals surface area contributed by atoms with Gasteiger partial charge in [0.1, 0.15) is 5.84 Å². The minimum Gasteiger partial charge on any atom is -0.356 e. The third-order valence-electron chi connectivity index (χ3n) is 2.95. The highest BCUT2D eigenvalue weighted by atomic mass is 79.9. The lowest BCUT2D eigenvalue weighted by molar-refractivity contribution is 0.443. The van der Waals surface area contributed by atoms with Crippen LogP contribution in [0.1, 0.15) is 18.4 Å². The first-order chi connectivity index (χ1) is 7.25. The Morgan fingerprint density at radius 3 is 3.00 bits per heavy atom. The van der Waals surface area contributed by atoms with Crippen LogP contribution in [0, 0.1) is 0 Å². The van der Waals surface area contributed by atoms with Crippen LogP contribution in [0.3, 0.4) is 0 Å². The Morgan fingerprint density at radius 1 is 1.27 bits per heavy atom. The summed E-state index contributed by atoms with van der Waals surface area (Å²) >= 11 is 7.11. The molecule has 0 unspecified atom stereocenters. The molecule has 78 valence electrons. The Morgan fingerprint density at radius 2 is 2.13 bits per heavy atom. The molecule has 2 heterocycles. The molecule has 4 heteroatoms. The molecule has 0 radical (unpaired) electrons. The van der Waals surface area contributed by atoms with Crippen molar-refractivity contribution in [2.75, 3.05) is 6.54 Å². The van der Waals surface area contributed by atoms with Gasteiger partial charge in [0.2, 0.25) is 0 Å². The summed E-state index contributed by atoms with van der Waals surface area (Å²) in [5.41, 5.74) is 2.42. The monoisotopic (exact) mass is 328 g/mol. The van der Waals surface area contributed by atoms with Crippen molar-refractivity contribution in [1.29, 1.82) is 0 Å². The first-order valence-corrected chi connectivity index (χ1v) is 6.64. The van der Waals surface area contributed by atoms with Gasteiger partial charge in [-0.3, -0.25) is 0 Å². The summed E-state index contributed by atoms with van der Waals surface area (Å²) in [6, 6.07) is 4.24. The smallest absolute Gasteiger partial charge is 0.105 e. The highest BCUT2D eigenvalue weighted by molar-refractivity contribution is 9.13. The van der Waals surface area contributed by atoms with Gasteiger partial charge in [-0.1, -0.05) is 6.07 Å².